The van der Waals surface area contributed by atoms with Crippen molar-refractivity contribution in [3.8, 4) is 0 Å². The van der Waals surface area contributed by atoms with Crippen molar-refractivity contribution in [1.82, 2.24) is 9.97 Å². The Morgan fingerprint density at radius 2 is 1.17 bits per heavy atom. The number of nitrogen functional groups attached to an aromatic ring is 1. The molecule has 1 heterocycles. The predicted octanol–water partition coefficient (Wildman–Crippen LogP) is 8.33. The number of aromatic nitrogens is 2. The van der Waals surface area contributed by atoms with Gasteiger partial charge in [0.25, 0.3) is 0 Å². The van der Waals surface area contributed by atoms with Gasteiger partial charge in [-0.1, -0.05) is 90.4 Å². The third-order valence-corrected chi connectivity index (χ3v) is 9.13. The smallest absolute Gasteiger partial charge is 0.155 e. The third kappa shape index (κ3) is 7.98. The fourth-order valence-corrected chi connectivity index (χ4v) is 7.68. The van der Waals surface area contributed by atoms with Gasteiger partial charge in [0.1, 0.15) is 12.0 Å². The van der Waals surface area contributed by atoms with E-state index in [4.69, 9.17) is 5.73 Å². The molecular formula is C30H53N5. The third-order valence-electron chi connectivity index (χ3n) is 9.13. The summed E-state index contributed by atoms with van der Waals surface area (Å²) >= 11 is 0. The van der Waals surface area contributed by atoms with Crippen LogP contribution in [0.15, 0.2) is 6.33 Å². The summed E-state index contributed by atoms with van der Waals surface area (Å²) in [5.41, 5.74) is 7.45. The highest BCUT2D eigenvalue weighted by Crippen LogP contribution is 2.56. The first kappa shape index (κ1) is 26.5. The predicted molar refractivity (Wildman–Crippen MR) is 150 cm³/mol. The van der Waals surface area contributed by atoms with Crippen LogP contribution in [0.3, 0.4) is 0 Å². The van der Waals surface area contributed by atoms with Gasteiger partial charge < -0.3 is 16.4 Å². The first-order valence-electron chi connectivity index (χ1n) is 15.3. The van der Waals surface area contributed by atoms with Crippen LogP contribution in [0.25, 0.3) is 0 Å². The Morgan fingerprint density at radius 3 is 1.69 bits per heavy atom. The van der Waals surface area contributed by atoms with Crippen molar-refractivity contribution >= 4 is 17.3 Å². The van der Waals surface area contributed by atoms with E-state index in [0.717, 1.165) is 35.9 Å². The van der Waals surface area contributed by atoms with Crippen LogP contribution in [-0.4, -0.2) is 22.1 Å². The van der Waals surface area contributed by atoms with Crippen molar-refractivity contribution < 1.29 is 0 Å². The topological polar surface area (TPSA) is 75.9 Å². The first-order valence-corrected chi connectivity index (χ1v) is 15.3. The summed E-state index contributed by atoms with van der Waals surface area (Å²) in [5, 5.41) is 7.32. The first-order chi connectivity index (χ1) is 17.2. The van der Waals surface area contributed by atoms with Gasteiger partial charge in [-0.25, -0.2) is 9.97 Å². The minimum absolute atomic E-state index is 0.225. The molecule has 4 bridgehead atoms. The van der Waals surface area contributed by atoms with Gasteiger partial charge in [-0.2, -0.15) is 0 Å². The number of nitrogens with two attached hydrogens (primary N) is 1. The van der Waals surface area contributed by atoms with Crippen LogP contribution in [0.4, 0.5) is 17.3 Å². The molecule has 0 amide bonds. The van der Waals surface area contributed by atoms with Crippen LogP contribution in [0, 0.1) is 17.8 Å². The number of hydrogen-bond donors (Lipinski definition) is 3. The molecule has 1 aromatic rings. The Bertz CT molecular complexity index is 713. The van der Waals surface area contributed by atoms with E-state index in [1.807, 2.05) is 0 Å². The maximum absolute atomic E-state index is 6.52. The van der Waals surface area contributed by atoms with Crippen molar-refractivity contribution in [3.63, 3.8) is 0 Å². The number of anilines is 3. The van der Waals surface area contributed by atoms with Gasteiger partial charge in [0, 0.05) is 12.1 Å². The van der Waals surface area contributed by atoms with Crippen molar-refractivity contribution in [1.29, 1.82) is 0 Å². The maximum atomic E-state index is 6.52. The molecule has 4 aliphatic rings. The molecule has 0 spiro atoms. The lowest BCUT2D eigenvalue weighted by atomic mass is 9.53. The van der Waals surface area contributed by atoms with Crippen molar-refractivity contribution in [2.24, 2.45) is 17.8 Å². The molecule has 5 nitrogen and oxygen atoms in total. The lowest BCUT2D eigenvalue weighted by molar-refractivity contribution is 0.0106. The number of nitrogens with zero attached hydrogens (tertiary/aromatic N) is 2. The van der Waals surface area contributed by atoms with Gasteiger partial charge in [0.2, 0.25) is 0 Å². The normalized spacial score (nSPS) is 26.8. The molecule has 35 heavy (non-hydrogen) atoms. The lowest BCUT2D eigenvalue weighted by Crippen LogP contribution is -2.55. The molecule has 4 N–H and O–H groups in total. The van der Waals surface area contributed by atoms with Gasteiger partial charge in [-0.15, -0.1) is 0 Å². The Hall–Kier alpha value is -1.52. The second kappa shape index (κ2) is 13.7. The van der Waals surface area contributed by atoms with Crippen LogP contribution in [0.2, 0.25) is 0 Å². The van der Waals surface area contributed by atoms with Gasteiger partial charge >= 0.3 is 0 Å². The molecule has 5 heteroatoms. The Morgan fingerprint density at radius 1 is 0.714 bits per heavy atom. The van der Waals surface area contributed by atoms with E-state index >= 15 is 0 Å². The van der Waals surface area contributed by atoms with E-state index in [1.54, 1.807) is 6.33 Å². The van der Waals surface area contributed by atoms with Crippen molar-refractivity contribution in [3.05, 3.63) is 6.33 Å². The number of hydrogen-bond acceptors (Lipinski definition) is 5. The molecule has 4 aliphatic carbocycles. The highest BCUT2D eigenvalue weighted by molar-refractivity contribution is 5.74. The maximum Gasteiger partial charge on any atom is 0.155 e. The standard InChI is InChI=1S/C30H53N5/c1-2-3-4-5-6-7-8-9-10-11-12-13-14-15-16-32-28-27(31)29(34-23-33-28)35-30-20-24-17-25(21-30)19-26(18-24)22-30/h23-26H,2-22,31H2,1H3,(H2,32,33,34,35). The Balaban J connectivity index is 1.05. The zero-order valence-electron chi connectivity index (χ0n) is 22.6. The molecular weight excluding hydrogens is 430 g/mol. The molecule has 0 atom stereocenters. The molecule has 198 valence electrons. The molecule has 0 aliphatic heterocycles. The van der Waals surface area contributed by atoms with E-state index in [9.17, 15) is 0 Å². The minimum Gasteiger partial charge on any atom is -0.393 e. The average Bonchev–Trinajstić information content (AvgIpc) is 2.83. The summed E-state index contributed by atoms with van der Waals surface area (Å²) in [6.07, 6.45) is 29.4. The van der Waals surface area contributed by atoms with Crippen LogP contribution in [-0.2, 0) is 0 Å². The van der Waals surface area contributed by atoms with Gasteiger partial charge in [-0.05, 0) is 62.7 Å². The van der Waals surface area contributed by atoms with Crippen LogP contribution >= 0.6 is 0 Å². The molecule has 0 saturated heterocycles. The largest absolute Gasteiger partial charge is 0.393 e. The summed E-state index contributed by atoms with van der Waals surface area (Å²) in [5.74, 6) is 4.39. The number of nitrogens with one attached hydrogen (secondary N) is 2. The summed E-state index contributed by atoms with van der Waals surface area (Å²) in [6.45, 7) is 3.23. The zero-order valence-corrected chi connectivity index (χ0v) is 22.6. The van der Waals surface area contributed by atoms with Crippen LogP contribution in [0.1, 0.15) is 135 Å². The van der Waals surface area contributed by atoms with E-state index in [-0.39, 0.29) is 5.54 Å². The Labute approximate surface area is 215 Å². The monoisotopic (exact) mass is 483 g/mol. The number of unbranched alkanes of at least 4 members (excludes halogenated alkanes) is 13. The minimum atomic E-state index is 0.225. The van der Waals surface area contributed by atoms with E-state index in [2.05, 4.69) is 27.5 Å². The molecule has 0 unspecified atom stereocenters. The second-order valence-corrected chi connectivity index (χ2v) is 12.3. The van der Waals surface area contributed by atoms with Crippen LogP contribution in [0.5, 0.6) is 0 Å². The highest BCUT2D eigenvalue weighted by atomic mass is 15.1. The summed E-state index contributed by atoms with van der Waals surface area (Å²) in [4.78, 5) is 9.00. The second-order valence-electron chi connectivity index (χ2n) is 12.3. The highest BCUT2D eigenvalue weighted by Gasteiger charge is 2.51. The quantitative estimate of drug-likeness (QED) is 0.183. The number of rotatable bonds is 18. The van der Waals surface area contributed by atoms with E-state index in [0.29, 0.717) is 5.69 Å². The van der Waals surface area contributed by atoms with Crippen LogP contribution < -0.4 is 16.4 Å². The lowest BCUT2D eigenvalue weighted by Gasteiger charge is -2.57. The van der Waals surface area contributed by atoms with E-state index < -0.39 is 0 Å². The fraction of sp³-hybridized carbons (Fsp3) is 0.867. The SMILES string of the molecule is CCCCCCCCCCCCCCCCNc1ncnc(NC23CC4CC(CC(C4)C2)C3)c1N. The van der Waals surface area contributed by atoms with Gasteiger partial charge in [0.05, 0.1) is 0 Å². The van der Waals surface area contributed by atoms with Crippen molar-refractivity contribution in [2.75, 3.05) is 22.9 Å². The molecule has 1 aromatic heterocycles. The summed E-state index contributed by atoms with van der Waals surface area (Å²) in [7, 11) is 0. The zero-order chi connectivity index (χ0) is 24.3. The van der Waals surface area contributed by atoms with Gasteiger partial charge in [-0.3, -0.25) is 0 Å². The Kier molecular flexibility index (Phi) is 10.4. The molecule has 5 rings (SSSR count). The van der Waals surface area contributed by atoms with E-state index in [1.165, 1.54) is 128 Å². The summed E-state index contributed by atoms with van der Waals surface area (Å²) < 4.78 is 0. The molecule has 4 fully saturated rings. The fourth-order valence-electron chi connectivity index (χ4n) is 7.68. The van der Waals surface area contributed by atoms with Crippen molar-refractivity contribution in [2.45, 2.75) is 141 Å². The molecule has 4 saturated carbocycles. The molecule has 0 radical (unpaired) electrons. The average molecular weight is 484 g/mol. The van der Waals surface area contributed by atoms with Gasteiger partial charge in [0.15, 0.2) is 11.6 Å². The molecule has 0 aromatic carbocycles. The summed E-state index contributed by atoms with van der Waals surface area (Å²) in [6, 6.07) is 0.